The molecule has 0 spiro atoms. The number of ether oxygens (including phenoxy) is 1. The monoisotopic (exact) mass is 490 g/mol. The van der Waals surface area contributed by atoms with Gasteiger partial charge in [0.05, 0.1) is 11.9 Å². The number of hydrogen-bond acceptors (Lipinski definition) is 7. The maximum atomic E-state index is 12.9. The lowest BCUT2D eigenvalue weighted by atomic mass is 9.81. The molecule has 5 rings (SSSR count). The lowest BCUT2D eigenvalue weighted by Crippen LogP contribution is -2.59. The fourth-order valence-electron chi connectivity index (χ4n) is 5.46. The molecule has 2 saturated heterocycles. The fraction of sp³-hybridized carbons (Fsp3) is 0.481. The lowest BCUT2D eigenvalue weighted by Gasteiger charge is -2.50. The summed E-state index contributed by atoms with van der Waals surface area (Å²) < 4.78 is 5.71. The molecule has 2 unspecified atom stereocenters. The third kappa shape index (κ3) is 4.87. The van der Waals surface area contributed by atoms with Gasteiger partial charge in [-0.3, -0.25) is 5.10 Å². The molecule has 190 valence electrons. The molecule has 9 heteroatoms. The number of benzene rings is 1. The second-order valence-electron chi connectivity index (χ2n) is 10.9. The molecule has 2 aliphatic heterocycles. The van der Waals surface area contributed by atoms with Crippen LogP contribution in [0.5, 0.6) is 5.75 Å². The van der Waals surface area contributed by atoms with E-state index in [0.717, 1.165) is 49.0 Å². The molecule has 2 atom stereocenters. The number of nitrogens with one attached hydrogen (secondary N) is 1. The number of fused-ring (bicyclic) bond motifs is 2. The number of anilines is 1. The minimum Gasteiger partial charge on any atom is -0.507 e. The minimum atomic E-state index is -0.496. The van der Waals surface area contributed by atoms with Crippen molar-refractivity contribution < 1.29 is 14.6 Å². The van der Waals surface area contributed by atoms with E-state index in [-0.39, 0.29) is 30.0 Å². The average Bonchev–Trinajstić information content (AvgIpc) is 3.37. The molecule has 3 aromatic rings. The zero-order valence-electron chi connectivity index (χ0n) is 21.3. The summed E-state index contributed by atoms with van der Waals surface area (Å²) in [7, 11) is 2.05. The second-order valence-corrected chi connectivity index (χ2v) is 10.9. The van der Waals surface area contributed by atoms with Crippen LogP contribution in [0.15, 0.2) is 42.7 Å². The smallest absolute Gasteiger partial charge is 0.410 e. The first kappa shape index (κ1) is 24.1. The third-order valence-corrected chi connectivity index (χ3v) is 7.22. The molecule has 1 amide bonds. The van der Waals surface area contributed by atoms with E-state index in [2.05, 4.69) is 25.3 Å². The predicted molar refractivity (Wildman–Crippen MR) is 138 cm³/mol. The number of hydrogen-bond donors (Lipinski definition) is 2. The molecule has 2 N–H and O–H groups in total. The maximum Gasteiger partial charge on any atom is 0.410 e. The van der Waals surface area contributed by atoms with Crippen molar-refractivity contribution in [1.82, 2.24) is 25.3 Å². The first-order chi connectivity index (χ1) is 17.2. The molecular formula is C27H34N6O3. The Bertz CT molecular complexity index is 1190. The molecule has 0 radical (unpaired) electrons. The number of amides is 1. The molecule has 0 aliphatic carbocycles. The quantitative estimate of drug-likeness (QED) is 0.530. The number of aromatic hydroxyl groups is 1. The Balaban J connectivity index is 1.29. The van der Waals surface area contributed by atoms with Gasteiger partial charge in [-0.15, -0.1) is 10.2 Å². The normalized spacial score (nSPS) is 21.8. The van der Waals surface area contributed by atoms with Crippen molar-refractivity contribution in [2.45, 2.75) is 76.6 Å². The largest absolute Gasteiger partial charge is 0.507 e. The molecule has 4 heterocycles. The van der Waals surface area contributed by atoms with Crippen LogP contribution in [0.3, 0.4) is 0 Å². The Labute approximate surface area is 211 Å². The summed E-state index contributed by atoms with van der Waals surface area (Å²) in [5, 5.41) is 26.3. The summed E-state index contributed by atoms with van der Waals surface area (Å²) in [5.74, 6) is 0.925. The topological polar surface area (TPSA) is 107 Å². The van der Waals surface area contributed by atoms with Gasteiger partial charge in [-0.1, -0.05) is 6.07 Å². The van der Waals surface area contributed by atoms with Gasteiger partial charge in [0.2, 0.25) is 0 Å². The van der Waals surface area contributed by atoms with Crippen molar-refractivity contribution in [2.24, 2.45) is 0 Å². The van der Waals surface area contributed by atoms with E-state index in [1.165, 1.54) is 0 Å². The zero-order chi connectivity index (χ0) is 25.4. The first-order valence-corrected chi connectivity index (χ1v) is 12.6. The van der Waals surface area contributed by atoms with Gasteiger partial charge in [0.1, 0.15) is 11.4 Å². The molecule has 2 fully saturated rings. The number of nitrogens with zero attached hydrogens (tertiary/aromatic N) is 5. The van der Waals surface area contributed by atoms with E-state index in [0.29, 0.717) is 11.3 Å². The van der Waals surface area contributed by atoms with Crippen LogP contribution >= 0.6 is 0 Å². The van der Waals surface area contributed by atoms with Crippen molar-refractivity contribution in [3.8, 4) is 28.1 Å². The van der Waals surface area contributed by atoms with Gasteiger partial charge in [-0.05, 0) is 82.7 Å². The Kier molecular flexibility index (Phi) is 6.32. The van der Waals surface area contributed by atoms with Crippen molar-refractivity contribution in [1.29, 1.82) is 0 Å². The summed E-state index contributed by atoms with van der Waals surface area (Å²) >= 11 is 0. The molecule has 0 saturated carbocycles. The van der Waals surface area contributed by atoms with Crippen molar-refractivity contribution in [3.05, 3.63) is 42.7 Å². The molecule has 2 aliphatic rings. The van der Waals surface area contributed by atoms with Gasteiger partial charge in [-0.25, -0.2) is 4.79 Å². The van der Waals surface area contributed by atoms with Crippen molar-refractivity contribution in [3.63, 3.8) is 0 Å². The van der Waals surface area contributed by atoms with Crippen molar-refractivity contribution in [2.75, 3.05) is 11.9 Å². The number of rotatable bonds is 4. The van der Waals surface area contributed by atoms with Crippen LogP contribution in [0.2, 0.25) is 0 Å². The van der Waals surface area contributed by atoms with E-state index in [1.54, 1.807) is 18.5 Å². The summed E-state index contributed by atoms with van der Waals surface area (Å²) in [6.45, 7) is 5.74. The fourth-order valence-corrected chi connectivity index (χ4v) is 5.46. The number of piperidine rings is 2. The van der Waals surface area contributed by atoms with Crippen LogP contribution in [0.25, 0.3) is 22.4 Å². The summed E-state index contributed by atoms with van der Waals surface area (Å²) in [6.07, 6.45) is 8.20. The highest BCUT2D eigenvalue weighted by Crippen LogP contribution is 2.38. The second kappa shape index (κ2) is 9.44. The molecule has 36 heavy (non-hydrogen) atoms. The molecular weight excluding hydrogens is 456 g/mol. The molecule has 2 bridgehead atoms. The van der Waals surface area contributed by atoms with E-state index >= 15 is 0 Å². The van der Waals surface area contributed by atoms with Gasteiger partial charge < -0.3 is 19.6 Å². The molecule has 2 aromatic heterocycles. The number of aromatic amines is 1. The standard InChI is InChI=1S/C27H34N6O3/c1-27(2,3)36-26(35)33-19-6-5-7-20(33)14-21(13-19)32(4)25-11-10-23(30-31-25)22-9-8-17(12-24(22)34)18-15-28-29-16-18/h8-12,15-16,19-21,34H,5-7,13-14H2,1-4H3,(H,28,29). The third-order valence-electron chi connectivity index (χ3n) is 7.22. The first-order valence-electron chi connectivity index (χ1n) is 12.6. The predicted octanol–water partition coefficient (Wildman–Crippen LogP) is 5.00. The van der Waals surface area contributed by atoms with Crippen LogP contribution < -0.4 is 4.90 Å². The molecule has 9 nitrogen and oxygen atoms in total. The van der Waals surface area contributed by atoms with Gasteiger partial charge >= 0.3 is 6.09 Å². The van der Waals surface area contributed by atoms with E-state index < -0.39 is 5.60 Å². The highest BCUT2D eigenvalue weighted by atomic mass is 16.6. The van der Waals surface area contributed by atoms with E-state index in [4.69, 9.17) is 4.74 Å². The minimum absolute atomic E-state index is 0.145. The SMILES string of the molecule is CN(c1ccc(-c2ccc(-c3cn[nH]c3)cc2O)nn1)C1CC2CCCC(C1)N2C(=O)OC(C)(C)C. The summed E-state index contributed by atoms with van der Waals surface area (Å²) in [4.78, 5) is 17.1. The number of phenolic OH excluding ortho intramolecular Hbond substituents is 1. The van der Waals surface area contributed by atoms with Gasteiger partial charge in [0.25, 0.3) is 0 Å². The Morgan fingerprint density at radius 3 is 2.44 bits per heavy atom. The highest BCUT2D eigenvalue weighted by Gasteiger charge is 2.43. The number of phenols is 1. The van der Waals surface area contributed by atoms with Crippen LogP contribution in [0.1, 0.15) is 52.9 Å². The molecule has 1 aromatic carbocycles. The van der Waals surface area contributed by atoms with Crippen molar-refractivity contribution >= 4 is 11.9 Å². The van der Waals surface area contributed by atoms with Gasteiger partial charge in [0.15, 0.2) is 5.82 Å². The van der Waals surface area contributed by atoms with Crippen LogP contribution in [-0.4, -0.2) is 67.3 Å². The lowest BCUT2D eigenvalue weighted by molar-refractivity contribution is -0.0213. The summed E-state index contributed by atoms with van der Waals surface area (Å²) in [5.41, 5.74) is 2.52. The zero-order valence-corrected chi connectivity index (χ0v) is 21.3. The van der Waals surface area contributed by atoms with Gasteiger partial charge in [0, 0.05) is 42.5 Å². The van der Waals surface area contributed by atoms with E-state index in [1.807, 2.05) is 57.0 Å². The van der Waals surface area contributed by atoms with Crippen LogP contribution in [-0.2, 0) is 4.74 Å². The van der Waals surface area contributed by atoms with Crippen LogP contribution in [0.4, 0.5) is 10.6 Å². The number of aromatic nitrogens is 4. The Morgan fingerprint density at radius 1 is 1.11 bits per heavy atom. The number of H-pyrrole nitrogens is 1. The number of carbonyl (C=O) groups is 1. The Morgan fingerprint density at radius 2 is 1.86 bits per heavy atom. The van der Waals surface area contributed by atoms with E-state index in [9.17, 15) is 9.90 Å². The summed E-state index contributed by atoms with van der Waals surface area (Å²) in [6, 6.07) is 9.94. The van der Waals surface area contributed by atoms with Crippen LogP contribution in [0, 0.1) is 0 Å². The maximum absolute atomic E-state index is 12.9. The van der Waals surface area contributed by atoms with Gasteiger partial charge in [-0.2, -0.15) is 5.10 Å². The Hall–Kier alpha value is -3.62. The average molecular weight is 491 g/mol. The number of carbonyl (C=O) groups excluding carboxylic acids is 1. The highest BCUT2D eigenvalue weighted by molar-refractivity contribution is 5.74.